The molecule has 2 rings (SSSR count). The Balaban J connectivity index is 1.99. The zero-order chi connectivity index (χ0) is 13.2. The number of carbonyl (C=O) groups is 2. The molecule has 2 saturated heterocycles. The van der Waals surface area contributed by atoms with Crippen LogP contribution in [0.5, 0.6) is 0 Å². The zero-order valence-corrected chi connectivity index (χ0v) is 10.7. The summed E-state index contributed by atoms with van der Waals surface area (Å²) >= 11 is 0. The van der Waals surface area contributed by atoms with Gasteiger partial charge in [-0.25, -0.2) is 0 Å². The number of nitrogens with zero attached hydrogens (tertiary/aromatic N) is 1. The topological polar surface area (TPSA) is 81.9 Å². The molecule has 2 fully saturated rings. The van der Waals surface area contributed by atoms with Crippen molar-refractivity contribution >= 4 is 11.8 Å². The van der Waals surface area contributed by atoms with E-state index < -0.39 is 11.5 Å². The second-order valence-electron chi connectivity index (χ2n) is 5.09. The molecule has 0 spiro atoms. The molecule has 18 heavy (non-hydrogen) atoms. The molecule has 6 heteroatoms. The first-order chi connectivity index (χ1) is 8.53. The van der Waals surface area contributed by atoms with E-state index in [4.69, 9.17) is 15.2 Å². The minimum absolute atomic E-state index is 0.00831. The number of hydrogen-bond donors (Lipinski definition) is 1. The second-order valence-corrected chi connectivity index (χ2v) is 5.09. The fourth-order valence-corrected chi connectivity index (χ4v) is 2.41. The van der Waals surface area contributed by atoms with Crippen LogP contribution in [0.3, 0.4) is 0 Å². The summed E-state index contributed by atoms with van der Waals surface area (Å²) in [4.78, 5) is 25.4. The Morgan fingerprint density at radius 1 is 1.28 bits per heavy atom. The van der Waals surface area contributed by atoms with Crippen LogP contribution in [0.15, 0.2) is 0 Å². The van der Waals surface area contributed by atoms with Crippen LogP contribution in [0, 0.1) is 5.92 Å². The molecule has 6 nitrogen and oxygen atoms in total. The SMILES string of the molecule is CC1(C(N)=O)CN(C(=O)C2CCOCC2)CCO1. The van der Waals surface area contributed by atoms with Crippen LogP contribution in [0.4, 0.5) is 0 Å². The first-order valence-electron chi connectivity index (χ1n) is 6.33. The van der Waals surface area contributed by atoms with Gasteiger partial charge in [-0.15, -0.1) is 0 Å². The van der Waals surface area contributed by atoms with Gasteiger partial charge in [0, 0.05) is 25.7 Å². The van der Waals surface area contributed by atoms with Crippen molar-refractivity contribution in [3.8, 4) is 0 Å². The molecule has 0 aliphatic carbocycles. The third-order valence-electron chi connectivity index (χ3n) is 3.68. The van der Waals surface area contributed by atoms with Gasteiger partial charge in [-0.05, 0) is 19.8 Å². The van der Waals surface area contributed by atoms with E-state index >= 15 is 0 Å². The normalized spacial score (nSPS) is 30.2. The molecule has 0 aromatic rings. The number of primary amides is 1. The molecule has 1 atom stereocenters. The molecule has 0 bridgehead atoms. The number of rotatable bonds is 2. The number of ether oxygens (including phenoxy) is 2. The van der Waals surface area contributed by atoms with E-state index in [1.165, 1.54) is 0 Å². The first-order valence-corrected chi connectivity index (χ1v) is 6.33. The van der Waals surface area contributed by atoms with E-state index in [-0.39, 0.29) is 18.4 Å². The van der Waals surface area contributed by atoms with Gasteiger partial charge < -0.3 is 20.1 Å². The predicted molar refractivity (Wildman–Crippen MR) is 63.7 cm³/mol. The number of carbonyl (C=O) groups excluding carboxylic acids is 2. The van der Waals surface area contributed by atoms with Crippen molar-refractivity contribution in [3.05, 3.63) is 0 Å². The van der Waals surface area contributed by atoms with Crippen LogP contribution in [-0.4, -0.2) is 55.2 Å². The monoisotopic (exact) mass is 256 g/mol. The second kappa shape index (κ2) is 5.24. The Labute approximate surface area is 106 Å². The average molecular weight is 256 g/mol. The van der Waals surface area contributed by atoms with Crippen LogP contribution >= 0.6 is 0 Å². The fourth-order valence-electron chi connectivity index (χ4n) is 2.41. The first kappa shape index (κ1) is 13.3. The highest BCUT2D eigenvalue weighted by Crippen LogP contribution is 2.22. The quantitative estimate of drug-likeness (QED) is 0.723. The summed E-state index contributed by atoms with van der Waals surface area (Å²) in [6.07, 6.45) is 1.51. The van der Waals surface area contributed by atoms with Crippen LogP contribution in [-0.2, 0) is 19.1 Å². The van der Waals surface area contributed by atoms with E-state index in [1.54, 1.807) is 11.8 Å². The van der Waals surface area contributed by atoms with E-state index in [2.05, 4.69) is 0 Å². The maximum atomic E-state index is 12.3. The Morgan fingerprint density at radius 3 is 2.56 bits per heavy atom. The highest BCUT2D eigenvalue weighted by atomic mass is 16.5. The largest absolute Gasteiger partial charge is 0.381 e. The Bertz CT molecular complexity index is 341. The van der Waals surface area contributed by atoms with Crippen molar-refractivity contribution in [2.75, 3.05) is 32.9 Å². The minimum Gasteiger partial charge on any atom is -0.381 e. The summed E-state index contributed by atoms with van der Waals surface area (Å²) in [7, 11) is 0. The Morgan fingerprint density at radius 2 is 1.94 bits per heavy atom. The van der Waals surface area contributed by atoms with E-state index in [9.17, 15) is 9.59 Å². The van der Waals surface area contributed by atoms with Crippen LogP contribution in [0.1, 0.15) is 19.8 Å². The van der Waals surface area contributed by atoms with Gasteiger partial charge in [0.1, 0.15) is 0 Å². The average Bonchev–Trinajstić information content (AvgIpc) is 2.39. The summed E-state index contributed by atoms with van der Waals surface area (Å²) in [5.74, 6) is -0.421. The third kappa shape index (κ3) is 2.64. The third-order valence-corrected chi connectivity index (χ3v) is 3.68. The Kier molecular flexibility index (Phi) is 3.87. The smallest absolute Gasteiger partial charge is 0.251 e. The molecule has 2 aliphatic rings. The van der Waals surface area contributed by atoms with Crippen molar-refractivity contribution < 1.29 is 19.1 Å². The number of morpholine rings is 1. The lowest BCUT2D eigenvalue weighted by Gasteiger charge is -2.40. The van der Waals surface area contributed by atoms with Gasteiger partial charge in [-0.1, -0.05) is 0 Å². The van der Waals surface area contributed by atoms with Gasteiger partial charge in [0.15, 0.2) is 5.60 Å². The van der Waals surface area contributed by atoms with Crippen LogP contribution in [0.2, 0.25) is 0 Å². The molecule has 2 heterocycles. The standard InChI is InChI=1S/C12H20N2O4/c1-12(11(13)16)8-14(4-7-18-12)10(15)9-2-5-17-6-3-9/h9H,2-8H2,1H3,(H2,13,16). The summed E-state index contributed by atoms with van der Waals surface area (Å²) < 4.78 is 10.6. The van der Waals surface area contributed by atoms with Crippen molar-refractivity contribution in [2.45, 2.75) is 25.4 Å². The summed E-state index contributed by atoms with van der Waals surface area (Å²) in [5.41, 5.74) is 4.26. The lowest BCUT2D eigenvalue weighted by atomic mass is 9.96. The summed E-state index contributed by atoms with van der Waals surface area (Å²) in [6.45, 7) is 4.03. The highest BCUT2D eigenvalue weighted by molar-refractivity contribution is 5.85. The minimum atomic E-state index is -1.06. The molecule has 0 radical (unpaired) electrons. The molecule has 1 unspecified atom stereocenters. The molecular formula is C12H20N2O4. The van der Waals surface area contributed by atoms with Gasteiger partial charge in [-0.2, -0.15) is 0 Å². The van der Waals surface area contributed by atoms with Gasteiger partial charge in [0.2, 0.25) is 5.91 Å². The maximum absolute atomic E-state index is 12.3. The molecule has 2 N–H and O–H groups in total. The number of hydrogen-bond acceptors (Lipinski definition) is 4. The highest BCUT2D eigenvalue weighted by Gasteiger charge is 2.40. The molecule has 0 aromatic heterocycles. The van der Waals surface area contributed by atoms with Gasteiger partial charge in [-0.3, -0.25) is 9.59 Å². The van der Waals surface area contributed by atoms with Crippen molar-refractivity contribution in [2.24, 2.45) is 11.7 Å². The molecule has 2 amide bonds. The molecule has 0 aromatic carbocycles. The van der Waals surface area contributed by atoms with Gasteiger partial charge in [0.25, 0.3) is 5.91 Å². The van der Waals surface area contributed by atoms with E-state index in [0.717, 1.165) is 12.8 Å². The van der Waals surface area contributed by atoms with Crippen molar-refractivity contribution in [1.29, 1.82) is 0 Å². The van der Waals surface area contributed by atoms with E-state index in [0.29, 0.717) is 26.4 Å². The molecular weight excluding hydrogens is 236 g/mol. The summed E-state index contributed by atoms with van der Waals surface area (Å²) in [5, 5.41) is 0. The van der Waals surface area contributed by atoms with Crippen LogP contribution in [0.25, 0.3) is 0 Å². The molecule has 0 saturated carbocycles. The summed E-state index contributed by atoms with van der Waals surface area (Å²) in [6, 6.07) is 0. The zero-order valence-electron chi connectivity index (χ0n) is 10.7. The Hall–Kier alpha value is -1.14. The number of nitrogens with two attached hydrogens (primary N) is 1. The lowest BCUT2D eigenvalue weighted by Crippen LogP contribution is -2.59. The fraction of sp³-hybridized carbons (Fsp3) is 0.833. The maximum Gasteiger partial charge on any atom is 0.251 e. The van der Waals surface area contributed by atoms with Crippen molar-refractivity contribution in [3.63, 3.8) is 0 Å². The molecule has 2 aliphatic heterocycles. The molecule has 102 valence electrons. The van der Waals surface area contributed by atoms with Crippen molar-refractivity contribution in [1.82, 2.24) is 4.90 Å². The van der Waals surface area contributed by atoms with Gasteiger partial charge in [0.05, 0.1) is 13.2 Å². The van der Waals surface area contributed by atoms with E-state index in [1.807, 2.05) is 0 Å². The van der Waals surface area contributed by atoms with Gasteiger partial charge >= 0.3 is 0 Å². The number of amides is 2. The predicted octanol–water partition coefficient (Wildman–Crippen LogP) is -0.484. The lowest BCUT2D eigenvalue weighted by molar-refractivity contribution is -0.163. The van der Waals surface area contributed by atoms with Crippen LogP contribution < -0.4 is 5.73 Å².